The molecule has 4 rings (SSSR count). The number of likely N-dealkylation sites (tertiary alicyclic amines) is 1. The maximum absolute atomic E-state index is 12.4. The van der Waals surface area contributed by atoms with Gasteiger partial charge in [-0.2, -0.15) is 0 Å². The average Bonchev–Trinajstić information content (AvgIpc) is 3.01. The number of carbonyl (C=O) groups excluding carboxylic acids is 1. The van der Waals surface area contributed by atoms with Crippen LogP contribution in [-0.4, -0.2) is 57.1 Å². The van der Waals surface area contributed by atoms with E-state index in [-0.39, 0.29) is 18.1 Å². The zero-order chi connectivity index (χ0) is 17.1. The van der Waals surface area contributed by atoms with Crippen molar-refractivity contribution in [3.8, 4) is 0 Å². The Labute approximate surface area is 146 Å². The van der Waals surface area contributed by atoms with Crippen LogP contribution in [0.15, 0.2) is 43.1 Å². The van der Waals surface area contributed by atoms with Crippen molar-refractivity contribution in [3.05, 3.63) is 54.4 Å². The Morgan fingerprint density at radius 2 is 2.20 bits per heavy atom. The fourth-order valence-electron chi connectivity index (χ4n) is 3.75. The molecule has 2 saturated heterocycles. The molecule has 0 spiro atoms. The van der Waals surface area contributed by atoms with Crippen LogP contribution in [-0.2, 0) is 11.3 Å². The Kier molecular flexibility index (Phi) is 4.67. The third-order valence-corrected chi connectivity index (χ3v) is 4.85. The number of fused-ring (bicyclic) bond motifs is 1. The van der Waals surface area contributed by atoms with Crippen LogP contribution in [0.1, 0.15) is 28.9 Å². The van der Waals surface area contributed by atoms with E-state index in [1.807, 2.05) is 12.3 Å². The van der Waals surface area contributed by atoms with Gasteiger partial charge in [-0.3, -0.25) is 19.7 Å². The first-order valence-corrected chi connectivity index (χ1v) is 8.63. The number of aromatic nitrogens is 3. The Morgan fingerprint density at radius 1 is 1.28 bits per heavy atom. The fourth-order valence-corrected chi connectivity index (χ4v) is 3.75. The van der Waals surface area contributed by atoms with E-state index < -0.39 is 0 Å². The molecule has 2 aromatic rings. The smallest absolute Gasteiger partial charge is 0.271 e. The van der Waals surface area contributed by atoms with Crippen LogP contribution in [0.3, 0.4) is 0 Å². The van der Waals surface area contributed by atoms with E-state index >= 15 is 0 Å². The number of pyridine rings is 1. The van der Waals surface area contributed by atoms with E-state index in [1.165, 1.54) is 18.0 Å². The zero-order valence-electron chi connectivity index (χ0n) is 13.9. The minimum absolute atomic E-state index is 0.0195. The summed E-state index contributed by atoms with van der Waals surface area (Å²) >= 11 is 0. The predicted octanol–water partition coefficient (Wildman–Crippen LogP) is 1.03. The van der Waals surface area contributed by atoms with Gasteiger partial charge in [-0.15, -0.1) is 0 Å². The molecule has 0 unspecified atom stereocenters. The van der Waals surface area contributed by atoms with E-state index in [0.29, 0.717) is 11.7 Å². The third-order valence-electron chi connectivity index (χ3n) is 4.85. The van der Waals surface area contributed by atoms with Crippen molar-refractivity contribution in [2.75, 3.05) is 13.2 Å². The molecule has 25 heavy (non-hydrogen) atoms. The topological polar surface area (TPSA) is 80.2 Å². The summed E-state index contributed by atoms with van der Waals surface area (Å²) in [6.07, 6.45) is 10.4. The van der Waals surface area contributed by atoms with Crippen LogP contribution >= 0.6 is 0 Å². The van der Waals surface area contributed by atoms with E-state index in [2.05, 4.69) is 31.2 Å². The second kappa shape index (κ2) is 7.25. The SMILES string of the molecule is O=C(N[C@@H]1CN(Cc2cccnc2)[C@@H]2CCCO[C@@H]21)c1cnccn1. The molecule has 0 aromatic carbocycles. The lowest BCUT2D eigenvalue weighted by Crippen LogP contribution is -2.47. The van der Waals surface area contributed by atoms with Gasteiger partial charge in [0.15, 0.2) is 0 Å². The van der Waals surface area contributed by atoms with E-state index in [1.54, 1.807) is 12.4 Å². The van der Waals surface area contributed by atoms with Crippen LogP contribution in [0.4, 0.5) is 0 Å². The lowest BCUT2D eigenvalue weighted by molar-refractivity contribution is -0.0211. The van der Waals surface area contributed by atoms with Gasteiger partial charge in [-0.1, -0.05) is 6.07 Å². The van der Waals surface area contributed by atoms with E-state index in [4.69, 9.17) is 4.74 Å². The molecule has 4 heterocycles. The standard InChI is InChI=1S/C18H21N5O2/c24-18(14-10-20-6-7-21-14)22-15-12-23(11-13-3-1-5-19-9-13)16-4-2-8-25-17(15)16/h1,3,5-7,9-10,15-17H,2,4,8,11-12H2,(H,22,24)/t15-,16-,17-/m1/s1. The van der Waals surface area contributed by atoms with Gasteiger partial charge in [0, 0.05) is 50.5 Å². The molecule has 1 amide bonds. The van der Waals surface area contributed by atoms with Gasteiger partial charge >= 0.3 is 0 Å². The van der Waals surface area contributed by atoms with Crippen LogP contribution in [0.2, 0.25) is 0 Å². The summed E-state index contributed by atoms with van der Waals surface area (Å²) in [6, 6.07) is 4.31. The summed E-state index contributed by atoms with van der Waals surface area (Å²) in [5.41, 5.74) is 1.51. The van der Waals surface area contributed by atoms with Crippen molar-refractivity contribution >= 4 is 5.91 Å². The van der Waals surface area contributed by atoms with Gasteiger partial charge in [-0.25, -0.2) is 4.98 Å². The number of rotatable bonds is 4. The number of ether oxygens (including phenoxy) is 1. The molecular formula is C18H21N5O2. The van der Waals surface area contributed by atoms with Crippen molar-refractivity contribution in [1.29, 1.82) is 0 Å². The number of amides is 1. The molecule has 2 aromatic heterocycles. The number of hydrogen-bond acceptors (Lipinski definition) is 6. The highest BCUT2D eigenvalue weighted by molar-refractivity contribution is 5.92. The molecule has 130 valence electrons. The van der Waals surface area contributed by atoms with Crippen LogP contribution in [0.25, 0.3) is 0 Å². The van der Waals surface area contributed by atoms with Crippen molar-refractivity contribution in [2.45, 2.75) is 37.6 Å². The zero-order valence-corrected chi connectivity index (χ0v) is 13.9. The van der Waals surface area contributed by atoms with Crippen LogP contribution in [0.5, 0.6) is 0 Å². The Balaban J connectivity index is 1.48. The summed E-state index contributed by atoms with van der Waals surface area (Å²) in [7, 11) is 0. The first kappa shape index (κ1) is 16.1. The normalized spacial score (nSPS) is 26.2. The van der Waals surface area contributed by atoms with Gasteiger partial charge in [0.05, 0.1) is 18.3 Å². The first-order chi connectivity index (χ1) is 12.3. The Bertz CT molecular complexity index is 712. The maximum atomic E-state index is 12.4. The summed E-state index contributed by atoms with van der Waals surface area (Å²) in [5, 5.41) is 3.09. The monoisotopic (exact) mass is 339 g/mol. The van der Waals surface area contributed by atoms with Crippen LogP contribution < -0.4 is 5.32 Å². The molecule has 3 atom stereocenters. The van der Waals surface area contributed by atoms with Gasteiger partial charge < -0.3 is 10.1 Å². The summed E-state index contributed by atoms with van der Waals surface area (Å²) in [4.78, 5) is 27.1. The second-order valence-electron chi connectivity index (χ2n) is 6.51. The molecular weight excluding hydrogens is 318 g/mol. The molecule has 7 nitrogen and oxygen atoms in total. The third kappa shape index (κ3) is 3.52. The molecule has 2 aliphatic heterocycles. The van der Waals surface area contributed by atoms with Crippen molar-refractivity contribution < 1.29 is 9.53 Å². The number of nitrogens with one attached hydrogen (secondary N) is 1. The van der Waals surface area contributed by atoms with Crippen LogP contribution in [0, 0.1) is 0 Å². The molecule has 0 saturated carbocycles. The maximum Gasteiger partial charge on any atom is 0.271 e. The predicted molar refractivity (Wildman–Crippen MR) is 90.7 cm³/mol. The second-order valence-corrected chi connectivity index (χ2v) is 6.51. The van der Waals surface area contributed by atoms with Crippen molar-refractivity contribution in [3.63, 3.8) is 0 Å². The van der Waals surface area contributed by atoms with Crippen molar-refractivity contribution in [1.82, 2.24) is 25.2 Å². The highest BCUT2D eigenvalue weighted by Gasteiger charge is 2.44. The lowest BCUT2D eigenvalue weighted by Gasteiger charge is -2.32. The minimum atomic E-state index is -0.200. The molecule has 0 radical (unpaired) electrons. The van der Waals surface area contributed by atoms with Gasteiger partial charge in [0.2, 0.25) is 0 Å². The van der Waals surface area contributed by atoms with Gasteiger partial charge in [0.1, 0.15) is 5.69 Å². The highest BCUT2D eigenvalue weighted by Crippen LogP contribution is 2.30. The first-order valence-electron chi connectivity index (χ1n) is 8.63. The molecule has 2 fully saturated rings. The van der Waals surface area contributed by atoms with E-state index in [9.17, 15) is 4.79 Å². The summed E-state index contributed by atoms with van der Waals surface area (Å²) < 4.78 is 6.01. The molecule has 0 aliphatic carbocycles. The summed E-state index contributed by atoms with van der Waals surface area (Å²) in [5.74, 6) is -0.200. The molecule has 0 bridgehead atoms. The minimum Gasteiger partial charge on any atom is -0.374 e. The average molecular weight is 339 g/mol. The largest absolute Gasteiger partial charge is 0.374 e. The van der Waals surface area contributed by atoms with Gasteiger partial charge in [0.25, 0.3) is 5.91 Å². The number of carbonyl (C=O) groups is 1. The lowest BCUT2D eigenvalue weighted by atomic mass is 10.0. The molecule has 2 aliphatic rings. The summed E-state index contributed by atoms with van der Waals surface area (Å²) in [6.45, 7) is 2.32. The Morgan fingerprint density at radius 3 is 3.00 bits per heavy atom. The van der Waals surface area contributed by atoms with Gasteiger partial charge in [-0.05, 0) is 24.5 Å². The highest BCUT2D eigenvalue weighted by atomic mass is 16.5. The molecule has 1 N–H and O–H groups in total. The Hall–Kier alpha value is -2.38. The van der Waals surface area contributed by atoms with E-state index in [0.717, 1.165) is 32.5 Å². The molecule has 7 heteroatoms. The quantitative estimate of drug-likeness (QED) is 0.896. The number of nitrogens with zero attached hydrogens (tertiary/aromatic N) is 4. The van der Waals surface area contributed by atoms with Crippen molar-refractivity contribution in [2.24, 2.45) is 0 Å². The fraction of sp³-hybridized carbons (Fsp3) is 0.444. The number of hydrogen-bond donors (Lipinski definition) is 1.